The second-order valence-electron chi connectivity index (χ2n) is 3.11. The molecule has 14 heavy (non-hydrogen) atoms. The van der Waals surface area contributed by atoms with E-state index >= 15 is 0 Å². The molecule has 1 aliphatic heterocycles. The lowest BCUT2D eigenvalue weighted by Gasteiger charge is -2.16. The van der Waals surface area contributed by atoms with E-state index in [0.29, 0.717) is 11.1 Å². The van der Waals surface area contributed by atoms with Gasteiger partial charge in [0.25, 0.3) is 0 Å². The van der Waals surface area contributed by atoms with Gasteiger partial charge in [-0.15, -0.1) is 0 Å². The first kappa shape index (κ1) is 10.6. The highest BCUT2D eigenvalue weighted by Gasteiger charge is 2.33. The Kier molecular flexibility index (Phi) is 3.11. The Morgan fingerprint density at radius 1 is 1.71 bits per heavy atom. The van der Waals surface area contributed by atoms with E-state index in [-0.39, 0.29) is 6.54 Å². The quantitative estimate of drug-likeness (QED) is 0.315. The summed E-state index contributed by atoms with van der Waals surface area (Å²) in [5, 5.41) is 12.7. The van der Waals surface area contributed by atoms with Crippen molar-refractivity contribution in [3.05, 3.63) is 21.6 Å². The molecule has 2 unspecified atom stereocenters. The van der Waals surface area contributed by atoms with Crippen LogP contribution in [0.2, 0.25) is 0 Å². The second kappa shape index (κ2) is 4.13. The molecule has 6 heteroatoms. The Bertz CT molecular complexity index is 331. The van der Waals surface area contributed by atoms with Gasteiger partial charge in [-0.05, 0) is 25.0 Å². The number of rotatable bonds is 3. The molecule has 1 heterocycles. The SMILES string of the molecule is CC1=C(C)C(C(O)CN=[N+]=[N-])OC1=O. The van der Waals surface area contributed by atoms with Crippen molar-refractivity contribution < 1.29 is 14.6 Å². The second-order valence-corrected chi connectivity index (χ2v) is 3.11. The van der Waals surface area contributed by atoms with Gasteiger partial charge in [-0.25, -0.2) is 4.79 Å². The van der Waals surface area contributed by atoms with Gasteiger partial charge >= 0.3 is 5.97 Å². The maximum absolute atomic E-state index is 11.1. The van der Waals surface area contributed by atoms with Gasteiger partial charge in [0, 0.05) is 10.5 Å². The highest BCUT2D eigenvalue weighted by Crippen LogP contribution is 2.24. The fourth-order valence-electron chi connectivity index (χ4n) is 1.25. The number of hydrogen-bond acceptors (Lipinski definition) is 4. The minimum Gasteiger partial charge on any atom is -0.452 e. The van der Waals surface area contributed by atoms with Crippen molar-refractivity contribution in [1.29, 1.82) is 0 Å². The Labute approximate surface area is 80.8 Å². The Hall–Kier alpha value is -1.52. The van der Waals surface area contributed by atoms with Crippen LogP contribution in [-0.4, -0.2) is 29.8 Å². The van der Waals surface area contributed by atoms with Crippen LogP contribution >= 0.6 is 0 Å². The number of azide groups is 1. The van der Waals surface area contributed by atoms with E-state index in [1.54, 1.807) is 13.8 Å². The van der Waals surface area contributed by atoms with E-state index in [0.717, 1.165) is 0 Å². The maximum atomic E-state index is 11.1. The summed E-state index contributed by atoms with van der Waals surface area (Å²) in [4.78, 5) is 13.6. The largest absolute Gasteiger partial charge is 0.452 e. The normalized spacial score (nSPS) is 23.1. The highest BCUT2D eigenvalue weighted by molar-refractivity contribution is 5.91. The van der Waals surface area contributed by atoms with E-state index in [1.807, 2.05) is 0 Å². The Morgan fingerprint density at radius 2 is 2.36 bits per heavy atom. The summed E-state index contributed by atoms with van der Waals surface area (Å²) in [5.41, 5.74) is 9.25. The summed E-state index contributed by atoms with van der Waals surface area (Å²) < 4.78 is 4.90. The fourth-order valence-corrected chi connectivity index (χ4v) is 1.25. The van der Waals surface area contributed by atoms with E-state index in [4.69, 9.17) is 10.3 Å². The van der Waals surface area contributed by atoms with Crippen LogP contribution in [0.4, 0.5) is 0 Å². The Balaban J connectivity index is 2.72. The molecule has 0 amide bonds. The summed E-state index contributed by atoms with van der Waals surface area (Å²) in [6, 6.07) is 0. The standard InChI is InChI=1S/C8H11N3O3/c1-4-5(2)8(13)14-7(4)6(12)3-10-11-9/h6-7,12H,3H2,1-2H3. The van der Waals surface area contributed by atoms with Gasteiger partial charge in [0.15, 0.2) is 0 Å². The first-order chi connectivity index (χ1) is 6.57. The molecule has 0 aromatic heterocycles. The number of nitrogens with zero attached hydrogens (tertiary/aromatic N) is 3. The number of ether oxygens (including phenoxy) is 1. The van der Waals surface area contributed by atoms with Crippen LogP contribution in [0.3, 0.4) is 0 Å². The third-order valence-electron chi connectivity index (χ3n) is 2.24. The molecule has 76 valence electrons. The fraction of sp³-hybridized carbons (Fsp3) is 0.625. The lowest BCUT2D eigenvalue weighted by atomic mass is 10.0. The zero-order chi connectivity index (χ0) is 10.7. The number of carbonyl (C=O) groups excluding carboxylic acids is 1. The van der Waals surface area contributed by atoms with Crippen LogP contribution in [0.15, 0.2) is 16.3 Å². The minimum absolute atomic E-state index is 0.0981. The van der Waals surface area contributed by atoms with E-state index in [2.05, 4.69) is 10.0 Å². The summed E-state index contributed by atoms with van der Waals surface area (Å²) in [5.74, 6) is -0.424. The molecule has 0 fully saturated rings. The van der Waals surface area contributed by atoms with Gasteiger partial charge in [-0.3, -0.25) is 0 Å². The number of cyclic esters (lactones) is 1. The summed E-state index contributed by atoms with van der Waals surface area (Å²) in [6.45, 7) is 3.25. The van der Waals surface area contributed by atoms with Gasteiger partial charge in [0.1, 0.15) is 12.2 Å². The van der Waals surface area contributed by atoms with Gasteiger partial charge in [0.05, 0.1) is 6.54 Å². The summed E-state index contributed by atoms with van der Waals surface area (Å²) >= 11 is 0. The van der Waals surface area contributed by atoms with E-state index in [9.17, 15) is 9.90 Å². The number of aliphatic hydroxyl groups is 1. The molecule has 0 aromatic rings. The molecular weight excluding hydrogens is 186 g/mol. The molecule has 2 atom stereocenters. The van der Waals surface area contributed by atoms with Crippen LogP contribution < -0.4 is 0 Å². The van der Waals surface area contributed by atoms with Gasteiger partial charge in [-0.1, -0.05) is 5.11 Å². The van der Waals surface area contributed by atoms with Crippen LogP contribution in [-0.2, 0) is 9.53 Å². The van der Waals surface area contributed by atoms with Crippen LogP contribution in [0.25, 0.3) is 10.4 Å². The zero-order valence-corrected chi connectivity index (χ0v) is 7.97. The van der Waals surface area contributed by atoms with E-state index < -0.39 is 18.2 Å². The number of esters is 1. The first-order valence-corrected chi connectivity index (χ1v) is 4.15. The summed E-state index contributed by atoms with van der Waals surface area (Å²) in [7, 11) is 0. The highest BCUT2D eigenvalue weighted by atomic mass is 16.6. The first-order valence-electron chi connectivity index (χ1n) is 4.15. The monoisotopic (exact) mass is 197 g/mol. The summed E-state index contributed by atoms with van der Waals surface area (Å²) in [6.07, 6.45) is -1.64. The third-order valence-corrected chi connectivity index (χ3v) is 2.24. The molecule has 0 aliphatic carbocycles. The Morgan fingerprint density at radius 3 is 2.79 bits per heavy atom. The minimum atomic E-state index is -0.965. The van der Waals surface area contributed by atoms with Crippen LogP contribution in [0.5, 0.6) is 0 Å². The average Bonchev–Trinajstić information content (AvgIpc) is 2.42. The van der Waals surface area contributed by atoms with Crippen molar-refractivity contribution in [2.24, 2.45) is 5.11 Å². The lowest BCUT2D eigenvalue weighted by molar-refractivity contribution is -0.143. The van der Waals surface area contributed by atoms with Gasteiger partial charge < -0.3 is 9.84 Å². The molecule has 0 bridgehead atoms. The molecule has 1 N–H and O–H groups in total. The van der Waals surface area contributed by atoms with Crippen molar-refractivity contribution >= 4 is 5.97 Å². The van der Waals surface area contributed by atoms with Crippen molar-refractivity contribution in [3.63, 3.8) is 0 Å². The zero-order valence-electron chi connectivity index (χ0n) is 7.97. The predicted molar refractivity (Wildman–Crippen MR) is 48.3 cm³/mol. The molecule has 0 saturated carbocycles. The van der Waals surface area contributed by atoms with Gasteiger partial charge in [0.2, 0.25) is 0 Å². The average molecular weight is 197 g/mol. The molecule has 6 nitrogen and oxygen atoms in total. The maximum Gasteiger partial charge on any atom is 0.334 e. The smallest absolute Gasteiger partial charge is 0.334 e. The van der Waals surface area contributed by atoms with Crippen molar-refractivity contribution in [2.75, 3.05) is 6.54 Å². The predicted octanol–water partition coefficient (Wildman–Crippen LogP) is 0.919. The molecule has 0 radical (unpaired) electrons. The molecule has 0 saturated heterocycles. The molecular formula is C8H11N3O3. The molecule has 0 spiro atoms. The third kappa shape index (κ3) is 1.86. The van der Waals surface area contributed by atoms with Crippen LogP contribution in [0, 0.1) is 0 Å². The van der Waals surface area contributed by atoms with Crippen molar-refractivity contribution in [1.82, 2.24) is 0 Å². The molecule has 1 aliphatic rings. The lowest BCUT2D eigenvalue weighted by Crippen LogP contribution is -2.30. The number of hydrogen-bond donors (Lipinski definition) is 1. The molecule has 0 aromatic carbocycles. The van der Waals surface area contributed by atoms with Gasteiger partial charge in [-0.2, -0.15) is 0 Å². The molecule has 1 rings (SSSR count). The topological polar surface area (TPSA) is 95.3 Å². The number of carbonyl (C=O) groups is 1. The van der Waals surface area contributed by atoms with Crippen molar-refractivity contribution in [2.45, 2.75) is 26.1 Å². The van der Waals surface area contributed by atoms with E-state index in [1.165, 1.54) is 0 Å². The number of aliphatic hydroxyl groups excluding tert-OH is 1. The van der Waals surface area contributed by atoms with Crippen LogP contribution in [0.1, 0.15) is 13.8 Å². The van der Waals surface area contributed by atoms with Crippen molar-refractivity contribution in [3.8, 4) is 0 Å².